The molecule has 0 bridgehead atoms. The first-order chi connectivity index (χ1) is 5.88. The third-order valence-electron chi connectivity index (χ3n) is 3.86. The van der Waals surface area contributed by atoms with E-state index in [4.69, 9.17) is 0 Å². The van der Waals surface area contributed by atoms with Crippen LogP contribution in [0, 0.1) is 11.8 Å². The fourth-order valence-corrected chi connectivity index (χ4v) is 3.37. The molecule has 1 saturated carbocycles. The molecular weight excluding hydrogens is 148 g/mol. The molecule has 1 heteroatoms. The standard InChI is InChI=1S/C11H14O/c12-11-9-5-1-3-7(9)8-4-2-6-10(8)11/h7,9H,1-6H2. The molecule has 0 aromatic carbocycles. The maximum Gasteiger partial charge on any atom is 0.162 e. The molecule has 2 atom stereocenters. The van der Waals surface area contributed by atoms with Crippen LogP contribution in [0.2, 0.25) is 0 Å². The van der Waals surface area contributed by atoms with E-state index in [1.54, 1.807) is 5.57 Å². The molecule has 0 aromatic rings. The Hall–Kier alpha value is -0.590. The lowest BCUT2D eigenvalue weighted by atomic mass is 9.92. The molecule has 1 nitrogen and oxygen atoms in total. The van der Waals surface area contributed by atoms with Gasteiger partial charge in [0.1, 0.15) is 0 Å². The largest absolute Gasteiger partial charge is 0.294 e. The lowest BCUT2D eigenvalue weighted by molar-refractivity contribution is -0.118. The summed E-state index contributed by atoms with van der Waals surface area (Å²) < 4.78 is 0. The zero-order chi connectivity index (χ0) is 8.13. The molecule has 0 heterocycles. The first kappa shape index (κ1) is 6.88. The van der Waals surface area contributed by atoms with Crippen molar-refractivity contribution in [2.24, 2.45) is 11.8 Å². The van der Waals surface area contributed by atoms with E-state index in [2.05, 4.69) is 0 Å². The average molecular weight is 162 g/mol. The van der Waals surface area contributed by atoms with Crippen molar-refractivity contribution in [3.05, 3.63) is 11.1 Å². The van der Waals surface area contributed by atoms with Gasteiger partial charge < -0.3 is 0 Å². The second-order valence-electron chi connectivity index (χ2n) is 4.37. The first-order valence-electron chi connectivity index (χ1n) is 5.14. The fourth-order valence-electron chi connectivity index (χ4n) is 3.37. The molecule has 0 aromatic heterocycles. The summed E-state index contributed by atoms with van der Waals surface area (Å²) in [6.07, 6.45) is 7.35. The van der Waals surface area contributed by atoms with Crippen LogP contribution in [-0.4, -0.2) is 5.78 Å². The zero-order valence-corrected chi connectivity index (χ0v) is 7.31. The highest BCUT2D eigenvalue weighted by atomic mass is 16.1. The summed E-state index contributed by atoms with van der Waals surface area (Å²) in [4.78, 5) is 11.8. The van der Waals surface area contributed by atoms with E-state index in [0.29, 0.717) is 17.6 Å². The van der Waals surface area contributed by atoms with Crippen LogP contribution >= 0.6 is 0 Å². The van der Waals surface area contributed by atoms with Crippen LogP contribution in [0.15, 0.2) is 11.1 Å². The number of carbonyl (C=O) groups excluding carboxylic acids is 1. The fraction of sp³-hybridized carbons (Fsp3) is 0.727. The Bertz CT molecular complexity index is 275. The van der Waals surface area contributed by atoms with E-state index in [1.807, 2.05) is 0 Å². The number of hydrogen-bond donors (Lipinski definition) is 0. The predicted octanol–water partition coefficient (Wildman–Crippen LogP) is 2.47. The summed E-state index contributed by atoms with van der Waals surface area (Å²) >= 11 is 0. The van der Waals surface area contributed by atoms with Crippen molar-refractivity contribution in [2.75, 3.05) is 0 Å². The van der Waals surface area contributed by atoms with Gasteiger partial charge in [-0.25, -0.2) is 0 Å². The highest BCUT2D eigenvalue weighted by Crippen LogP contribution is 2.50. The van der Waals surface area contributed by atoms with Gasteiger partial charge in [-0.2, -0.15) is 0 Å². The molecule has 0 aliphatic heterocycles. The van der Waals surface area contributed by atoms with E-state index in [9.17, 15) is 4.79 Å². The summed E-state index contributed by atoms with van der Waals surface area (Å²) in [6.45, 7) is 0. The molecule has 0 spiro atoms. The van der Waals surface area contributed by atoms with Crippen molar-refractivity contribution < 1.29 is 4.79 Å². The highest BCUT2D eigenvalue weighted by Gasteiger charge is 2.44. The third kappa shape index (κ3) is 0.675. The van der Waals surface area contributed by atoms with E-state index < -0.39 is 0 Å². The molecule has 0 amide bonds. The molecule has 3 aliphatic rings. The number of fused-ring (bicyclic) bond motifs is 2. The van der Waals surface area contributed by atoms with E-state index in [0.717, 1.165) is 6.42 Å². The molecule has 3 rings (SSSR count). The van der Waals surface area contributed by atoms with E-state index >= 15 is 0 Å². The van der Waals surface area contributed by atoms with E-state index in [1.165, 1.54) is 37.7 Å². The number of rotatable bonds is 0. The molecule has 0 N–H and O–H groups in total. The Morgan fingerprint density at radius 1 is 1.00 bits per heavy atom. The van der Waals surface area contributed by atoms with Crippen molar-refractivity contribution in [2.45, 2.75) is 38.5 Å². The van der Waals surface area contributed by atoms with Gasteiger partial charge in [0.15, 0.2) is 5.78 Å². The Morgan fingerprint density at radius 3 is 2.75 bits per heavy atom. The molecule has 12 heavy (non-hydrogen) atoms. The topological polar surface area (TPSA) is 17.1 Å². The maximum absolute atomic E-state index is 11.8. The molecule has 3 aliphatic carbocycles. The summed E-state index contributed by atoms with van der Waals surface area (Å²) in [5.74, 6) is 1.68. The molecule has 0 saturated heterocycles. The number of hydrogen-bond acceptors (Lipinski definition) is 1. The van der Waals surface area contributed by atoms with Crippen LogP contribution in [-0.2, 0) is 4.79 Å². The summed E-state index contributed by atoms with van der Waals surface area (Å²) in [5.41, 5.74) is 2.83. The number of allylic oxidation sites excluding steroid dienone is 2. The van der Waals surface area contributed by atoms with Crippen LogP contribution in [0.4, 0.5) is 0 Å². The van der Waals surface area contributed by atoms with Crippen LogP contribution < -0.4 is 0 Å². The number of ketones is 1. The minimum absolute atomic E-state index is 0.440. The average Bonchev–Trinajstić information content (AvgIpc) is 2.72. The number of carbonyl (C=O) groups is 1. The molecule has 2 unspecified atom stereocenters. The first-order valence-corrected chi connectivity index (χ1v) is 5.14. The van der Waals surface area contributed by atoms with Gasteiger partial charge in [-0.3, -0.25) is 4.79 Å². The molecule has 0 radical (unpaired) electrons. The van der Waals surface area contributed by atoms with Crippen LogP contribution in [0.3, 0.4) is 0 Å². The summed E-state index contributed by atoms with van der Waals surface area (Å²) in [6, 6.07) is 0. The summed E-state index contributed by atoms with van der Waals surface area (Å²) in [5, 5.41) is 0. The van der Waals surface area contributed by atoms with Crippen molar-refractivity contribution >= 4 is 5.78 Å². The predicted molar refractivity (Wildman–Crippen MR) is 46.7 cm³/mol. The van der Waals surface area contributed by atoms with Crippen LogP contribution in [0.25, 0.3) is 0 Å². The van der Waals surface area contributed by atoms with Gasteiger partial charge in [-0.05, 0) is 43.6 Å². The molecular formula is C11H14O. The Labute approximate surface area is 72.8 Å². The Morgan fingerprint density at radius 2 is 1.83 bits per heavy atom. The molecule has 1 fully saturated rings. The number of Topliss-reactive ketones (excluding diaryl/α,β-unsaturated/α-hetero) is 1. The second kappa shape index (κ2) is 2.21. The van der Waals surface area contributed by atoms with Crippen molar-refractivity contribution in [3.8, 4) is 0 Å². The van der Waals surface area contributed by atoms with Crippen LogP contribution in [0.5, 0.6) is 0 Å². The van der Waals surface area contributed by atoms with Crippen molar-refractivity contribution in [1.82, 2.24) is 0 Å². The molecule has 64 valence electrons. The lowest BCUT2D eigenvalue weighted by Crippen LogP contribution is -2.12. The Balaban J connectivity index is 2.04. The zero-order valence-electron chi connectivity index (χ0n) is 7.31. The van der Waals surface area contributed by atoms with Gasteiger partial charge in [0.25, 0.3) is 0 Å². The van der Waals surface area contributed by atoms with Gasteiger partial charge in [-0.15, -0.1) is 0 Å². The van der Waals surface area contributed by atoms with Crippen molar-refractivity contribution in [1.29, 1.82) is 0 Å². The third-order valence-corrected chi connectivity index (χ3v) is 3.86. The van der Waals surface area contributed by atoms with Gasteiger partial charge in [0, 0.05) is 5.92 Å². The van der Waals surface area contributed by atoms with Gasteiger partial charge in [-0.1, -0.05) is 12.0 Å². The second-order valence-corrected chi connectivity index (χ2v) is 4.37. The minimum Gasteiger partial charge on any atom is -0.294 e. The maximum atomic E-state index is 11.8. The van der Waals surface area contributed by atoms with Crippen molar-refractivity contribution in [3.63, 3.8) is 0 Å². The quantitative estimate of drug-likeness (QED) is 0.534. The lowest BCUT2D eigenvalue weighted by Gasteiger charge is -2.11. The van der Waals surface area contributed by atoms with E-state index in [-0.39, 0.29) is 0 Å². The van der Waals surface area contributed by atoms with Crippen LogP contribution in [0.1, 0.15) is 38.5 Å². The monoisotopic (exact) mass is 162 g/mol. The minimum atomic E-state index is 0.440. The Kier molecular flexibility index (Phi) is 1.27. The van der Waals surface area contributed by atoms with Gasteiger partial charge in [0.2, 0.25) is 0 Å². The smallest absolute Gasteiger partial charge is 0.162 e. The SMILES string of the molecule is O=C1C2=C(CCC2)C2CCCC12. The summed E-state index contributed by atoms with van der Waals surface area (Å²) in [7, 11) is 0. The van der Waals surface area contributed by atoms with Gasteiger partial charge >= 0.3 is 0 Å². The van der Waals surface area contributed by atoms with Gasteiger partial charge in [0.05, 0.1) is 0 Å². The highest BCUT2D eigenvalue weighted by molar-refractivity contribution is 6.01. The normalized spacial score (nSPS) is 39.2.